The number of carbonyl (C=O) groups excluding carboxylic acids is 2. The molecule has 0 saturated carbocycles. The molecule has 1 heterocycles. The first kappa shape index (κ1) is 21.0. The fraction of sp³-hybridized carbons (Fsp3) is 0.125. The van der Waals surface area contributed by atoms with Crippen molar-refractivity contribution in [3.63, 3.8) is 0 Å². The van der Waals surface area contributed by atoms with Crippen molar-refractivity contribution in [3.05, 3.63) is 95.8 Å². The Morgan fingerprint density at radius 3 is 2.22 bits per heavy atom. The third-order valence-corrected chi connectivity index (χ3v) is 4.68. The molecule has 32 heavy (non-hydrogen) atoms. The molecule has 0 amide bonds. The van der Waals surface area contributed by atoms with E-state index in [4.69, 9.17) is 4.74 Å². The van der Waals surface area contributed by atoms with Crippen molar-refractivity contribution in [1.29, 1.82) is 0 Å². The fourth-order valence-corrected chi connectivity index (χ4v) is 3.03. The molecule has 3 aromatic carbocycles. The predicted molar refractivity (Wildman–Crippen MR) is 114 cm³/mol. The third-order valence-electron chi connectivity index (χ3n) is 4.68. The molecule has 0 atom stereocenters. The van der Waals surface area contributed by atoms with E-state index in [-0.39, 0.29) is 12.2 Å². The maximum absolute atomic E-state index is 13.0. The number of halogens is 1. The second-order valence-corrected chi connectivity index (χ2v) is 7.01. The summed E-state index contributed by atoms with van der Waals surface area (Å²) in [5, 5.41) is 12.3. The van der Waals surface area contributed by atoms with Gasteiger partial charge in [0.1, 0.15) is 11.6 Å². The average molecular weight is 430 g/mol. The molecule has 8 heteroatoms. The van der Waals surface area contributed by atoms with Crippen molar-refractivity contribution in [2.75, 3.05) is 0 Å². The summed E-state index contributed by atoms with van der Waals surface area (Å²) in [6.07, 6.45) is 0.670. The molecule has 0 aliphatic carbocycles. The number of aryl methyl sites for hydroxylation is 1. The highest BCUT2D eigenvalue weighted by atomic mass is 19.1. The lowest BCUT2D eigenvalue weighted by molar-refractivity contribution is -0.134. The molecular weight excluding hydrogens is 411 g/mol. The molecule has 1 aromatic heterocycles. The number of esters is 1. The number of ether oxygens (including phenoxy) is 1. The van der Waals surface area contributed by atoms with Crippen molar-refractivity contribution in [2.45, 2.75) is 19.4 Å². The Morgan fingerprint density at radius 2 is 1.53 bits per heavy atom. The minimum atomic E-state index is -0.403. The Labute approximate surface area is 183 Å². The minimum Gasteiger partial charge on any atom is -0.427 e. The molecule has 7 nitrogen and oxygen atoms in total. The molecule has 4 rings (SSSR count). The van der Waals surface area contributed by atoms with Crippen LogP contribution in [0.5, 0.6) is 5.75 Å². The standard InChI is InChI=1S/C24H19FN4O3/c25-20-12-8-17(9-13-20)23(31)18-10-14-21(15-11-18)32-22(30)7-4-16-29-27-24(26-28-29)19-5-2-1-3-6-19/h1-3,5-6,8-15H,4,7,16H2. The van der Waals surface area contributed by atoms with Crippen LogP contribution in [0, 0.1) is 5.82 Å². The van der Waals surface area contributed by atoms with E-state index in [0.717, 1.165) is 5.56 Å². The van der Waals surface area contributed by atoms with Crippen LogP contribution in [-0.4, -0.2) is 32.0 Å². The summed E-state index contributed by atoms with van der Waals surface area (Å²) in [5.74, 6) is -0.163. The van der Waals surface area contributed by atoms with Gasteiger partial charge in [-0.1, -0.05) is 30.3 Å². The number of hydrogen-bond acceptors (Lipinski definition) is 6. The van der Waals surface area contributed by atoms with Crippen molar-refractivity contribution in [3.8, 4) is 17.1 Å². The first-order valence-electron chi connectivity index (χ1n) is 10.0. The van der Waals surface area contributed by atoms with E-state index in [1.807, 2.05) is 30.3 Å². The summed E-state index contributed by atoms with van der Waals surface area (Å²) in [7, 11) is 0. The second kappa shape index (κ2) is 9.74. The van der Waals surface area contributed by atoms with Gasteiger partial charge in [-0.3, -0.25) is 9.59 Å². The quantitative estimate of drug-likeness (QED) is 0.238. The van der Waals surface area contributed by atoms with Gasteiger partial charge in [0.2, 0.25) is 5.82 Å². The van der Waals surface area contributed by atoms with Crippen molar-refractivity contribution in [2.24, 2.45) is 0 Å². The lowest BCUT2D eigenvalue weighted by atomic mass is 10.0. The highest BCUT2D eigenvalue weighted by Crippen LogP contribution is 2.17. The van der Waals surface area contributed by atoms with Gasteiger partial charge in [-0.15, -0.1) is 10.2 Å². The lowest BCUT2D eigenvalue weighted by Crippen LogP contribution is -2.11. The van der Waals surface area contributed by atoms with Gasteiger partial charge in [-0.05, 0) is 60.2 Å². The Hall–Kier alpha value is -4.20. The molecule has 0 aliphatic heterocycles. The molecule has 0 saturated heterocycles. The normalized spacial score (nSPS) is 10.7. The largest absolute Gasteiger partial charge is 0.427 e. The van der Waals surface area contributed by atoms with Crippen molar-refractivity contribution < 1.29 is 18.7 Å². The minimum absolute atomic E-state index is 0.179. The summed E-state index contributed by atoms with van der Waals surface area (Å²) < 4.78 is 18.3. The van der Waals surface area contributed by atoms with Gasteiger partial charge in [0.15, 0.2) is 5.78 Å². The van der Waals surface area contributed by atoms with E-state index >= 15 is 0 Å². The van der Waals surface area contributed by atoms with E-state index in [0.29, 0.717) is 35.7 Å². The number of hydrogen-bond donors (Lipinski definition) is 0. The second-order valence-electron chi connectivity index (χ2n) is 7.01. The van der Waals surface area contributed by atoms with E-state index < -0.39 is 11.8 Å². The van der Waals surface area contributed by atoms with E-state index in [1.54, 1.807) is 24.3 Å². The highest BCUT2D eigenvalue weighted by molar-refractivity contribution is 6.09. The Kier molecular flexibility index (Phi) is 6.41. The maximum atomic E-state index is 13.0. The lowest BCUT2D eigenvalue weighted by Gasteiger charge is -2.06. The van der Waals surface area contributed by atoms with Gasteiger partial charge >= 0.3 is 5.97 Å². The smallest absolute Gasteiger partial charge is 0.311 e. The maximum Gasteiger partial charge on any atom is 0.311 e. The Balaban J connectivity index is 1.26. The Morgan fingerprint density at radius 1 is 0.875 bits per heavy atom. The van der Waals surface area contributed by atoms with Crippen molar-refractivity contribution >= 4 is 11.8 Å². The topological polar surface area (TPSA) is 87.0 Å². The zero-order valence-corrected chi connectivity index (χ0v) is 17.0. The molecule has 0 aliphatic rings. The summed E-state index contributed by atoms with van der Waals surface area (Å²) in [6, 6.07) is 21.1. The molecule has 0 N–H and O–H groups in total. The van der Waals surface area contributed by atoms with Crippen LogP contribution in [0.15, 0.2) is 78.9 Å². The average Bonchev–Trinajstić information content (AvgIpc) is 3.29. The van der Waals surface area contributed by atoms with Crippen LogP contribution < -0.4 is 4.74 Å². The molecule has 0 unspecified atom stereocenters. The highest BCUT2D eigenvalue weighted by Gasteiger charge is 2.11. The number of rotatable bonds is 8. The van der Waals surface area contributed by atoms with Crippen LogP contribution in [-0.2, 0) is 11.3 Å². The van der Waals surface area contributed by atoms with Crippen LogP contribution in [0.4, 0.5) is 4.39 Å². The molecule has 4 aromatic rings. The molecule has 0 radical (unpaired) electrons. The van der Waals surface area contributed by atoms with Crippen molar-refractivity contribution in [1.82, 2.24) is 20.2 Å². The summed E-state index contributed by atoms with van der Waals surface area (Å²) in [4.78, 5) is 26.0. The van der Waals surface area contributed by atoms with Gasteiger partial charge in [-0.25, -0.2) is 4.39 Å². The molecule has 0 fully saturated rings. The number of ketones is 1. The van der Waals surface area contributed by atoms with Crippen LogP contribution >= 0.6 is 0 Å². The van der Waals surface area contributed by atoms with E-state index in [1.165, 1.54) is 29.1 Å². The van der Waals surface area contributed by atoms with Crippen LogP contribution in [0.25, 0.3) is 11.4 Å². The first-order valence-corrected chi connectivity index (χ1v) is 10.0. The number of nitrogens with zero attached hydrogens (tertiary/aromatic N) is 4. The van der Waals surface area contributed by atoms with E-state index in [2.05, 4.69) is 15.4 Å². The summed E-state index contributed by atoms with van der Waals surface area (Å²) in [5.41, 5.74) is 1.68. The van der Waals surface area contributed by atoms with Gasteiger partial charge < -0.3 is 4.74 Å². The van der Waals surface area contributed by atoms with Gasteiger partial charge in [0.05, 0.1) is 6.54 Å². The SMILES string of the molecule is O=C(CCCn1nnc(-c2ccccc2)n1)Oc1ccc(C(=O)c2ccc(F)cc2)cc1. The number of tetrazole rings is 1. The predicted octanol–water partition coefficient (Wildman–Crippen LogP) is 4.10. The zero-order chi connectivity index (χ0) is 22.3. The summed E-state index contributed by atoms with van der Waals surface area (Å²) >= 11 is 0. The third kappa shape index (κ3) is 5.28. The zero-order valence-electron chi connectivity index (χ0n) is 17.0. The fourth-order valence-electron chi connectivity index (χ4n) is 3.03. The molecule has 160 valence electrons. The van der Waals surface area contributed by atoms with Gasteiger partial charge in [0, 0.05) is 23.1 Å². The van der Waals surface area contributed by atoms with Crippen LogP contribution in [0.2, 0.25) is 0 Å². The van der Waals surface area contributed by atoms with Gasteiger partial charge in [0.25, 0.3) is 0 Å². The van der Waals surface area contributed by atoms with Crippen LogP contribution in [0.3, 0.4) is 0 Å². The Bertz CT molecular complexity index is 1210. The monoisotopic (exact) mass is 430 g/mol. The molecule has 0 spiro atoms. The number of aromatic nitrogens is 4. The number of carbonyl (C=O) groups is 2. The van der Waals surface area contributed by atoms with Gasteiger partial charge in [-0.2, -0.15) is 4.80 Å². The first-order chi connectivity index (χ1) is 15.6. The molecular formula is C24H19FN4O3. The molecule has 0 bridgehead atoms. The summed E-state index contributed by atoms with van der Waals surface area (Å²) in [6.45, 7) is 0.431. The van der Waals surface area contributed by atoms with E-state index in [9.17, 15) is 14.0 Å². The van der Waals surface area contributed by atoms with Crippen LogP contribution in [0.1, 0.15) is 28.8 Å². The number of benzene rings is 3.